The third-order valence-electron chi connectivity index (χ3n) is 7.43. The van der Waals surface area contributed by atoms with Crippen molar-refractivity contribution in [2.75, 3.05) is 20.3 Å². The van der Waals surface area contributed by atoms with E-state index in [-0.39, 0.29) is 44.5 Å². The lowest BCUT2D eigenvalue weighted by Gasteiger charge is -2.43. The first kappa shape index (κ1) is 31.8. The first-order chi connectivity index (χ1) is 19.7. The fourth-order valence-corrected chi connectivity index (χ4v) is 6.24. The second-order valence-electron chi connectivity index (χ2n) is 10.1. The molecule has 0 saturated heterocycles. The molecule has 2 aliphatic rings. The average molecular weight is 719 g/mol. The molecular formula is C29H33Cl2IN2O7. The van der Waals surface area contributed by atoms with E-state index in [1.165, 1.54) is 7.11 Å². The van der Waals surface area contributed by atoms with Crippen molar-refractivity contribution in [2.24, 2.45) is 5.92 Å². The Morgan fingerprint density at radius 3 is 2.54 bits per heavy atom. The second-order valence-corrected chi connectivity index (χ2v) is 12.1. The molecule has 0 radical (unpaired) electrons. The lowest BCUT2D eigenvalue weighted by molar-refractivity contribution is -0.146. The summed E-state index contributed by atoms with van der Waals surface area (Å²) in [5.41, 5.74) is 1.59. The van der Waals surface area contributed by atoms with Crippen LogP contribution in [-0.2, 0) is 22.7 Å². The number of benzene rings is 2. The van der Waals surface area contributed by atoms with Gasteiger partial charge in [0.1, 0.15) is 12.2 Å². The van der Waals surface area contributed by atoms with Crippen LogP contribution in [-0.4, -0.2) is 70.5 Å². The Bertz CT molecular complexity index is 1300. The summed E-state index contributed by atoms with van der Waals surface area (Å²) in [7, 11) is 1.47. The number of methoxy groups -OCH3 is 1. The van der Waals surface area contributed by atoms with Crippen molar-refractivity contribution in [1.82, 2.24) is 10.2 Å². The number of halogens is 3. The fraction of sp³-hybridized carbons (Fsp3) is 0.448. The van der Waals surface area contributed by atoms with Gasteiger partial charge in [0.05, 0.1) is 29.9 Å². The fourth-order valence-electron chi connectivity index (χ4n) is 4.98. The van der Waals surface area contributed by atoms with Crippen LogP contribution < -0.4 is 14.8 Å². The third-order valence-corrected chi connectivity index (χ3v) is 8.82. The molecule has 41 heavy (non-hydrogen) atoms. The van der Waals surface area contributed by atoms with Crippen molar-refractivity contribution in [1.29, 1.82) is 0 Å². The van der Waals surface area contributed by atoms with E-state index < -0.39 is 24.2 Å². The molecule has 0 aliphatic heterocycles. The van der Waals surface area contributed by atoms with Crippen molar-refractivity contribution in [3.05, 3.63) is 66.7 Å². The molecule has 0 spiro atoms. The highest BCUT2D eigenvalue weighted by Gasteiger charge is 2.43. The molecule has 0 aromatic heterocycles. The predicted molar refractivity (Wildman–Crippen MR) is 163 cm³/mol. The number of aliphatic hydroxyl groups is 3. The molecule has 2 aromatic rings. The Morgan fingerprint density at radius 2 is 1.93 bits per heavy atom. The van der Waals surface area contributed by atoms with Crippen molar-refractivity contribution in [3.8, 4) is 11.5 Å². The molecule has 3 atom stereocenters. The average Bonchev–Trinajstić information content (AvgIpc) is 2.92. The minimum Gasteiger partial charge on any atom is -0.493 e. The molecule has 1 fully saturated rings. The normalized spacial score (nSPS) is 20.6. The highest BCUT2D eigenvalue weighted by atomic mass is 127. The molecule has 1 saturated carbocycles. The predicted octanol–water partition coefficient (Wildman–Crippen LogP) is 3.84. The zero-order valence-electron chi connectivity index (χ0n) is 22.5. The van der Waals surface area contributed by atoms with Gasteiger partial charge in [-0.3, -0.25) is 9.59 Å². The summed E-state index contributed by atoms with van der Waals surface area (Å²) in [5, 5.41) is 34.1. The van der Waals surface area contributed by atoms with Crippen LogP contribution in [0.3, 0.4) is 0 Å². The Kier molecular flexibility index (Phi) is 11.2. The minimum absolute atomic E-state index is 0.0500. The SMILES string of the molecule is COc1cc(CO)cc(I)c1O[C@H]1C=C(C(=O)NCCO)C[C@@H](N(Cc2ccc(Cl)cc2Cl)C(=O)C2CCC2)[C@@H]1O. The maximum Gasteiger partial charge on any atom is 0.247 e. The highest BCUT2D eigenvalue weighted by Crippen LogP contribution is 2.38. The number of rotatable bonds is 11. The number of carbonyl (C=O) groups excluding carboxylic acids is 2. The van der Waals surface area contributed by atoms with Crippen LogP contribution in [0.25, 0.3) is 0 Å². The maximum absolute atomic E-state index is 13.8. The monoisotopic (exact) mass is 718 g/mol. The summed E-state index contributed by atoms with van der Waals surface area (Å²) >= 11 is 14.6. The van der Waals surface area contributed by atoms with Gasteiger partial charge < -0.3 is 35.0 Å². The van der Waals surface area contributed by atoms with Crippen molar-refractivity contribution < 1.29 is 34.4 Å². The summed E-state index contributed by atoms with van der Waals surface area (Å²) in [4.78, 5) is 28.5. The largest absolute Gasteiger partial charge is 0.493 e. The van der Waals surface area contributed by atoms with E-state index in [9.17, 15) is 24.9 Å². The number of ether oxygens (including phenoxy) is 2. The topological polar surface area (TPSA) is 129 Å². The van der Waals surface area contributed by atoms with Gasteiger partial charge >= 0.3 is 0 Å². The standard InChI is InChI=1S/C29H33Cl2IN2O7/c1-40-25-10-16(15-36)9-22(32)27(25)41-24-12-19(28(38)33-7-8-35)11-23(26(24)37)34(29(39)17-3-2-4-17)14-18-5-6-20(30)13-21(18)31/h5-6,9-10,12-13,17,23-24,26,35-37H,2-4,7-8,11,14-15H2,1H3,(H,33,38)/t23-,24+,26+/m1/s1. The molecule has 4 N–H and O–H groups in total. The third kappa shape index (κ3) is 7.47. The maximum atomic E-state index is 13.8. The van der Waals surface area contributed by atoms with Gasteiger partial charge in [0.25, 0.3) is 0 Å². The minimum atomic E-state index is -1.21. The van der Waals surface area contributed by atoms with E-state index >= 15 is 0 Å². The molecule has 12 heteroatoms. The Hall–Kier alpha value is -2.09. The van der Waals surface area contributed by atoms with Gasteiger partial charge in [-0.2, -0.15) is 0 Å². The van der Waals surface area contributed by atoms with Gasteiger partial charge in [0, 0.05) is 41.0 Å². The Labute approximate surface area is 262 Å². The molecule has 2 amide bonds. The first-order valence-electron chi connectivity index (χ1n) is 13.3. The van der Waals surface area contributed by atoms with Gasteiger partial charge in [-0.25, -0.2) is 0 Å². The molecule has 0 unspecified atom stereocenters. The van der Waals surface area contributed by atoms with Crippen LogP contribution in [0.1, 0.15) is 36.8 Å². The molecular weight excluding hydrogens is 686 g/mol. The molecule has 2 aromatic carbocycles. The van der Waals surface area contributed by atoms with E-state index in [1.54, 1.807) is 41.3 Å². The van der Waals surface area contributed by atoms with Gasteiger partial charge in [-0.1, -0.05) is 35.7 Å². The number of nitrogens with one attached hydrogen (secondary N) is 1. The zero-order valence-corrected chi connectivity index (χ0v) is 26.2. The van der Waals surface area contributed by atoms with Crippen LogP contribution in [0.4, 0.5) is 0 Å². The lowest BCUT2D eigenvalue weighted by atomic mass is 9.82. The van der Waals surface area contributed by atoms with E-state index in [1.807, 2.05) is 0 Å². The number of aliphatic hydroxyl groups excluding tert-OH is 3. The summed E-state index contributed by atoms with van der Waals surface area (Å²) < 4.78 is 12.4. The number of hydrogen-bond donors (Lipinski definition) is 4. The number of nitrogens with zero attached hydrogens (tertiary/aromatic N) is 1. The molecule has 9 nitrogen and oxygen atoms in total. The van der Waals surface area contributed by atoms with Crippen LogP contribution in [0.15, 0.2) is 42.0 Å². The zero-order chi connectivity index (χ0) is 29.7. The molecule has 2 aliphatic carbocycles. The summed E-state index contributed by atoms with van der Waals surface area (Å²) in [6.07, 6.45) is 1.82. The van der Waals surface area contributed by atoms with Crippen LogP contribution in [0.2, 0.25) is 10.0 Å². The number of hydrogen-bond acceptors (Lipinski definition) is 7. The van der Waals surface area contributed by atoms with Crippen molar-refractivity contribution in [3.63, 3.8) is 0 Å². The number of carbonyl (C=O) groups is 2. The Morgan fingerprint density at radius 1 is 1.17 bits per heavy atom. The summed E-state index contributed by atoms with van der Waals surface area (Å²) in [6, 6.07) is 7.59. The Balaban J connectivity index is 1.73. The molecule has 0 bridgehead atoms. The van der Waals surface area contributed by atoms with Gasteiger partial charge in [0.2, 0.25) is 11.8 Å². The lowest BCUT2D eigenvalue weighted by Crippen LogP contribution is -2.56. The van der Waals surface area contributed by atoms with E-state index in [0.717, 1.165) is 19.3 Å². The number of amides is 2. The van der Waals surface area contributed by atoms with Crippen LogP contribution in [0, 0.1) is 9.49 Å². The van der Waals surface area contributed by atoms with E-state index in [0.29, 0.717) is 41.8 Å². The van der Waals surface area contributed by atoms with Gasteiger partial charge in [0.15, 0.2) is 11.5 Å². The van der Waals surface area contributed by atoms with Crippen molar-refractivity contribution in [2.45, 2.75) is 57.1 Å². The summed E-state index contributed by atoms with van der Waals surface area (Å²) in [6.45, 7) is -0.272. The van der Waals surface area contributed by atoms with E-state index in [4.69, 9.17) is 32.7 Å². The van der Waals surface area contributed by atoms with Crippen LogP contribution >= 0.6 is 45.8 Å². The van der Waals surface area contributed by atoms with Gasteiger partial charge in [-0.05, 0) is 76.9 Å². The van der Waals surface area contributed by atoms with E-state index in [2.05, 4.69) is 27.9 Å². The smallest absolute Gasteiger partial charge is 0.247 e. The van der Waals surface area contributed by atoms with Crippen LogP contribution in [0.5, 0.6) is 11.5 Å². The first-order valence-corrected chi connectivity index (χ1v) is 15.2. The van der Waals surface area contributed by atoms with Crippen molar-refractivity contribution >= 4 is 57.6 Å². The quantitative estimate of drug-likeness (QED) is 0.260. The highest BCUT2D eigenvalue weighted by molar-refractivity contribution is 14.1. The second kappa shape index (κ2) is 14.4. The molecule has 0 heterocycles. The molecule has 4 rings (SSSR count). The molecule has 222 valence electrons. The van der Waals surface area contributed by atoms with Gasteiger partial charge in [-0.15, -0.1) is 0 Å². The summed E-state index contributed by atoms with van der Waals surface area (Å²) in [5.74, 6) is -0.0504.